The molecule has 1 aromatic rings. The van der Waals surface area contributed by atoms with Crippen LogP contribution in [-0.4, -0.2) is 17.3 Å². The minimum absolute atomic E-state index is 0.138. The molecule has 17 heavy (non-hydrogen) atoms. The van der Waals surface area contributed by atoms with E-state index in [4.69, 9.17) is 16.7 Å². The quantitative estimate of drug-likeness (QED) is 0.904. The van der Waals surface area contributed by atoms with E-state index in [1.807, 2.05) is 0 Å². The molecule has 0 bridgehead atoms. The molecule has 0 amide bonds. The van der Waals surface area contributed by atoms with Crippen molar-refractivity contribution in [2.75, 3.05) is 0 Å². The maximum Gasteiger partial charge on any atom is 0.390 e. The Bertz CT molecular complexity index is 429. The molecule has 0 aliphatic rings. The number of carboxylic acids is 1. The molecule has 1 aromatic carbocycles. The molecule has 0 saturated heterocycles. The zero-order valence-electron chi connectivity index (χ0n) is 8.88. The summed E-state index contributed by atoms with van der Waals surface area (Å²) in [6.45, 7) is 1.54. The van der Waals surface area contributed by atoms with E-state index in [2.05, 4.69) is 0 Å². The normalized spacial score (nSPS) is 13.5. The van der Waals surface area contributed by atoms with Gasteiger partial charge in [0, 0.05) is 5.02 Å². The molecular formula is C11H10ClF3O2. The van der Waals surface area contributed by atoms with Gasteiger partial charge in [-0.15, -0.1) is 0 Å². The van der Waals surface area contributed by atoms with Gasteiger partial charge in [-0.3, -0.25) is 4.79 Å². The van der Waals surface area contributed by atoms with Crippen LogP contribution < -0.4 is 0 Å². The predicted molar refractivity (Wildman–Crippen MR) is 57.2 cm³/mol. The standard InChI is InChI=1S/C11H10ClF3O2/c1-6-4-7(12)2-3-8(6)9(10(16)17)5-11(13,14)15/h2-4,9H,5H2,1H3,(H,16,17). The summed E-state index contributed by atoms with van der Waals surface area (Å²) in [5, 5.41) is 9.21. The van der Waals surface area contributed by atoms with Crippen molar-refractivity contribution in [3.05, 3.63) is 34.3 Å². The highest BCUT2D eigenvalue weighted by atomic mass is 35.5. The number of rotatable bonds is 3. The van der Waals surface area contributed by atoms with E-state index in [1.54, 1.807) is 0 Å². The maximum absolute atomic E-state index is 12.3. The lowest BCUT2D eigenvalue weighted by molar-refractivity contribution is -0.157. The fraction of sp³-hybridized carbons (Fsp3) is 0.364. The number of hydrogen-bond acceptors (Lipinski definition) is 1. The van der Waals surface area contributed by atoms with Crippen molar-refractivity contribution in [1.29, 1.82) is 0 Å². The topological polar surface area (TPSA) is 37.3 Å². The van der Waals surface area contributed by atoms with E-state index in [0.717, 1.165) is 0 Å². The van der Waals surface area contributed by atoms with E-state index in [0.29, 0.717) is 10.6 Å². The number of hydrogen-bond donors (Lipinski definition) is 1. The summed E-state index contributed by atoms with van der Waals surface area (Å²) in [4.78, 5) is 10.9. The highest BCUT2D eigenvalue weighted by Gasteiger charge is 2.36. The zero-order valence-corrected chi connectivity index (χ0v) is 9.64. The van der Waals surface area contributed by atoms with Crippen LogP contribution in [0.3, 0.4) is 0 Å². The Hall–Kier alpha value is -1.23. The van der Waals surface area contributed by atoms with Gasteiger partial charge in [-0.25, -0.2) is 0 Å². The fourth-order valence-corrected chi connectivity index (χ4v) is 1.82. The van der Waals surface area contributed by atoms with Crippen LogP contribution in [0, 0.1) is 6.92 Å². The number of aliphatic carboxylic acids is 1. The Kier molecular flexibility index (Phi) is 4.03. The van der Waals surface area contributed by atoms with E-state index in [1.165, 1.54) is 25.1 Å². The van der Waals surface area contributed by atoms with Gasteiger partial charge in [0.25, 0.3) is 0 Å². The van der Waals surface area contributed by atoms with Crippen LogP contribution in [0.4, 0.5) is 13.2 Å². The molecule has 1 unspecified atom stereocenters. The second kappa shape index (κ2) is 4.96. The van der Waals surface area contributed by atoms with Gasteiger partial charge in [0.2, 0.25) is 0 Å². The third kappa shape index (κ3) is 3.93. The molecule has 0 aliphatic carbocycles. The van der Waals surface area contributed by atoms with E-state index >= 15 is 0 Å². The van der Waals surface area contributed by atoms with Gasteiger partial charge in [-0.05, 0) is 30.2 Å². The van der Waals surface area contributed by atoms with Gasteiger partial charge in [-0.2, -0.15) is 13.2 Å². The van der Waals surface area contributed by atoms with Crippen molar-refractivity contribution in [3.8, 4) is 0 Å². The number of alkyl halides is 3. The zero-order chi connectivity index (χ0) is 13.2. The van der Waals surface area contributed by atoms with Gasteiger partial charge in [0.1, 0.15) is 0 Å². The Morgan fingerprint density at radius 3 is 2.47 bits per heavy atom. The Balaban J connectivity index is 3.10. The molecule has 0 spiro atoms. The Labute approximate surface area is 101 Å². The number of carboxylic acid groups (broad SMARTS) is 1. The van der Waals surface area contributed by atoms with Gasteiger partial charge in [0.15, 0.2) is 0 Å². The van der Waals surface area contributed by atoms with Crippen molar-refractivity contribution >= 4 is 17.6 Å². The van der Waals surface area contributed by atoms with Crippen molar-refractivity contribution in [2.24, 2.45) is 0 Å². The average Bonchev–Trinajstić information content (AvgIpc) is 2.13. The van der Waals surface area contributed by atoms with Crippen LogP contribution in [0.25, 0.3) is 0 Å². The molecule has 6 heteroatoms. The first-order chi connectivity index (χ1) is 7.70. The molecule has 0 radical (unpaired) electrons. The molecule has 0 fully saturated rings. The SMILES string of the molecule is Cc1cc(Cl)ccc1C(CC(F)(F)F)C(=O)O. The average molecular weight is 267 g/mol. The lowest BCUT2D eigenvalue weighted by Crippen LogP contribution is -2.21. The van der Waals surface area contributed by atoms with E-state index in [-0.39, 0.29) is 5.56 Å². The van der Waals surface area contributed by atoms with E-state index < -0.39 is 24.5 Å². The lowest BCUT2D eigenvalue weighted by Gasteiger charge is -2.17. The highest BCUT2D eigenvalue weighted by Crippen LogP contribution is 2.33. The molecule has 0 aliphatic heterocycles. The molecule has 2 nitrogen and oxygen atoms in total. The summed E-state index contributed by atoms with van der Waals surface area (Å²) in [5.74, 6) is -3.08. The largest absolute Gasteiger partial charge is 0.481 e. The second-order valence-electron chi connectivity index (χ2n) is 3.71. The number of benzene rings is 1. The van der Waals surface area contributed by atoms with Gasteiger partial charge in [-0.1, -0.05) is 17.7 Å². The molecule has 0 heterocycles. The predicted octanol–water partition coefficient (Wildman–Crippen LogP) is 3.77. The fourth-order valence-electron chi connectivity index (χ4n) is 1.59. The summed E-state index contributed by atoms with van der Waals surface area (Å²) in [6.07, 6.45) is -5.90. The summed E-state index contributed by atoms with van der Waals surface area (Å²) in [5.41, 5.74) is 0.577. The molecule has 1 rings (SSSR count). The first-order valence-corrected chi connectivity index (χ1v) is 5.14. The number of halogens is 4. The molecular weight excluding hydrogens is 257 g/mol. The summed E-state index contributed by atoms with van der Waals surface area (Å²) in [6, 6.07) is 4.15. The molecule has 0 saturated carbocycles. The van der Waals surface area contributed by atoms with Crippen LogP contribution in [0.2, 0.25) is 5.02 Å². The third-order valence-corrected chi connectivity index (χ3v) is 2.58. The van der Waals surface area contributed by atoms with Crippen LogP contribution >= 0.6 is 11.6 Å². The van der Waals surface area contributed by atoms with Crippen LogP contribution in [0.1, 0.15) is 23.5 Å². The Morgan fingerprint density at radius 1 is 1.47 bits per heavy atom. The van der Waals surface area contributed by atoms with Crippen molar-refractivity contribution in [1.82, 2.24) is 0 Å². The minimum Gasteiger partial charge on any atom is -0.481 e. The highest BCUT2D eigenvalue weighted by molar-refractivity contribution is 6.30. The smallest absolute Gasteiger partial charge is 0.390 e. The summed E-state index contributed by atoms with van der Waals surface area (Å²) in [7, 11) is 0. The van der Waals surface area contributed by atoms with Crippen LogP contribution in [-0.2, 0) is 4.79 Å². The molecule has 1 atom stereocenters. The molecule has 0 aromatic heterocycles. The van der Waals surface area contributed by atoms with Gasteiger partial charge < -0.3 is 5.11 Å². The third-order valence-electron chi connectivity index (χ3n) is 2.34. The number of carbonyl (C=O) groups is 1. The first kappa shape index (κ1) is 13.8. The van der Waals surface area contributed by atoms with Crippen molar-refractivity contribution in [3.63, 3.8) is 0 Å². The van der Waals surface area contributed by atoms with Crippen LogP contribution in [0.5, 0.6) is 0 Å². The maximum atomic E-state index is 12.3. The van der Waals surface area contributed by atoms with Crippen molar-refractivity contribution in [2.45, 2.75) is 25.4 Å². The summed E-state index contributed by atoms with van der Waals surface area (Å²) >= 11 is 5.66. The van der Waals surface area contributed by atoms with Gasteiger partial charge >= 0.3 is 12.1 Å². The molecule has 94 valence electrons. The molecule has 1 N–H and O–H groups in total. The van der Waals surface area contributed by atoms with Crippen LogP contribution in [0.15, 0.2) is 18.2 Å². The number of aryl methyl sites for hydroxylation is 1. The minimum atomic E-state index is -4.52. The first-order valence-electron chi connectivity index (χ1n) is 4.76. The lowest BCUT2D eigenvalue weighted by atomic mass is 9.92. The summed E-state index contributed by atoms with van der Waals surface area (Å²) < 4.78 is 36.8. The van der Waals surface area contributed by atoms with Gasteiger partial charge in [0.05, 0.1) is 12.3 Å². The monoisotopic (exact) mass is 266 g/mol. The Morgan fingerprint density at radius 2 is 2.06 bits per heavy atom. The van der Waals surface area contributed by atoms with Crippen molar-refractivity contribution < 1.29 is 23.1 Å². The second-order valence-corrected chi connectivity index (χ2v) is 4.15. The van der Waals surface area contributed by atoms with E-state index in [9.17, 15) is 18.0 Å².